The Hall–Kier alpha value is -1.36. The Morgan fingerprint density at radius 1 is 1.53 bits per heavy atom. The number of anilines is 2. The zero-order valence-electron chi connectivity index (χ0n) is 8.63. The molecule has 3 N–H and O–H groups in total. The first-order valence-corrected chi connectivity index (χ1v) is 5.27. The van der Waals surface area contributed by atoms with Crippen molar-refractivity contribution >= 4 is 11.8 Å². The molecule has 1 fully saturated rings. The lowest BCUT2D eigenvalue weighted by molar-refractivity contribution is 0.283. The zero-order chi connectivity index (χ0) is 10.7. The number of hydrogen-bond acceptors (Lipinski definition) is 5. The van der Waals surface area contributed by atoms with Gasteiger partial charge in [0.05, 0.1) is 6.61 Å². The molecule has 1 aliphatic rings. The number of rotatable bonds is 4. The fourth-order valence-corrected chi connectivity index (χ4v) is 1.81. The number of nitrogens with zero attached hydrogens (tertiary/aromatic N) is 3. The average Bonchev–Trinajstić information content (AvgIpc) is 2.14. The number of aliphatic hydroxyl groups excluding tert-OH is 1. The Labute approximate surface area is 88.9 Å². The van der Waals surface area contributed by atoms with Gasteiger partial charge < -0.3 is 15.7 Å². The molecule has 1 saturated carbocycles. The number of aliphatic hydroxyl groups is 1. The minimum absolute atomic E-state index is 0.139. The highest BCUT2D eigenvalue weighted by molar-refractivity contribution is 5.42. The molecular weight excluding hydrogens is 192 g/mol. The van der Waals surface area contributed by atoms with Gasteiger partial charge in [0.1, 0.15) is 5.82 Å². The van der Waals surface area contributed by atoms with Crippen molar-refractivity contribution in [1.82, 2.24) is 9.97 Å². The van der Waals surface area contributed by atoms with Crippen molar-refractivity contribution in [2.45, 2.75) is 25.3 Å². The van der Waals surface area contributed by atoms with Gasteiger partial charge in [-0.05, 0) is 25.3 Å². The van der Waals surface area contributed by atoms with Gasteiger partial charge >= 0.3 is 0 Å². The topological polar surface area (TPSA) is 75.3 Å². The van der Waals surface area contributed by atoms with Crippen LogP contribution in [0.25, 0.3) is 0 Å². The molecule has 15 heavy (non-hydrogen) atoms. The third-order valence-corrected chi connectivity index (χ3v) is 2.81. The fourth-order valence-electron chi connectivity index (χ4n) is 1.81. The lowest BCUT2D eigenvalue weighted by Gasteiger charge is -2.38. The van der Waals surface area contributed by atoms with Crippen molar-refractivity contribution in [2.75, 3.05) is 23.8 Å². The van der Waals surface area contributed by atoms with E-state index in [1.165, 1.54) is 19.3 Å². The van der Waals surface area contributed by atoms with Crippen molar-refractivity contribution in [1.29, 1.82) is 0 Å². The summed E-state index contributed by atoms with van der Waals surface area (Å²) in [5, 5.41) is 9.02. The van der Waals surface area contributed by atoms with Crippen LogP contribution in [0.1, 0.15) is 19.3 Å². The van der Waals surface area contributed by atoms with E-state index in [2.05, 4.69) is 14.9 Å². The van der Waals surface area contributed by atoms with Crippen molar-refractivity contribution in [3.63, 3.8) is 0 Å². The normalized spacial score (nSPS) is 16.1. The van der Waals surface area contributed by atoms with Crippen LogP contribution in [0.4, 0.5) is 11.8 Å². The van der Waals surface area contributed by atoms with Gasteiger partial charge in [-0.2, -0.15) is 4.98 Å². The molecule has 0 saturated heterocycles. The Balaban J connectivity index is 2.15. The molecule has 0 unspecified atom stereocenters. The number of hydrogen-bond donors (Lipinski definition) is 2. The molecule has 0 amide bonds. The molecule has 1 aliphatic carbocycles. The maximum atomic E-state index is 9.02. The second-order valence-electron chi connectivity index (χ2n) is 3.77. The molecule has 1 aromatic rings. The van der Waals surface area contributed by atoms with Gasteiger partial charge in [-0.1, -0.05) is 0 Å². The van der Waals surface area contributed by atoms with Gasteiger partial charge in [0, 0.05) is 18.8 Å². The van der Waals surface area contributed by atoms with E-state index in [4.69, 9.17) is 10.8 Å². The monoisotopic (exact) mass is 208 g/mol. The van der Waals surface area contributed by atoms with Crippen LogP contribution in [0.3, 0.4) is 0 Å². The predicted octanol–water partition coefficient (Wildman–Crippen LogP) is 0.410. The fraction of sp³-hybridized carbons (Fsp3) is 0.600. The summed E-state index contributed by atoms with van der Waals surface area (Å²) in [5.41, 5.74) is 5.54. The van der Waals surface area contributed by atoms with Crippen molar-refractivity contribution in [2.24, 2.45) is 0 Å². The summed E-state index contributed by atoms with van der Waals surface area (Å²) in [6.07, 6.45) is 5.25. The first-order valence-electron chi connectivity index (χ1n) is 5.27. The molecule has 1 heterocycles. The maximum absolute atomic E-state index is 9.02. The second-order valence-corrected chi connectivity index (χ2v) is 3.77. The van der Waals surface area contributed by atoms with Crippen molar-refractivity contribution in [3.05, 3.63) is 12.3 Å². The summed E-state index contributed by atoms with van der Waals surface area (Å²) >= 11 is 0. The predicted molar refractivity (Wildman–Crippen MR) is 58.5 cm³/mol. The largest absolute Gasteiger partial charge is 0.395 e. The smallest absolute Gasteiger partial charge is 0.221 e. The van der Waals surface area contributed by atoms with Crippen LogP contribution in [0.5, 0.6) is 0 Å². The first-order chi connectivity index (χ1) is 7.31. The van der Waals surface area contributed by atoms with Gasteiger partial charge in [0.2, 0.25) is 5.95 Å². The quantitative estimate of drug-likeness (QED) is 0.749. The van der Waals surface area contributed by atoms with E-state index in [9.17, 15) is 0 Å². The van der Waals surface area contributed by atoms with Gasteiger partial charge in [-0.25, -0.2) is 4.98 Å². The number of nitrogen functional groups attached to an aromatic ring is 1. The Morgan fingerprint density at radius 3 is 2.87 bits per heavy atom. The highest BCUT2D eigenvalue weighted by atomic mass is 16.3. The third-order valence-electron chi connectivity index (χ3n) is 2.81. The summed E-state index contributed by atoms with van der Waals surface area (Å²) in [4.78, 5) is 10.2. The molecule has 5 heteroatoms. The van der Waals surface area contributed by atoms with Gasteiger partial charge in [0.25, 0.3) is 0 Å². The molecule has 82 valence electrons. The molecule has 0 aromatic carbocycles. The highest BCUT2D eigenvalue weighted by Crippen LogP contribution is 2.28. The molecule has 0 atom stereocenters. The summed E-state index contributed by atoms with van der Waals surface area (Å²) in [6.45, 7) is 0.752. The first kappa shape index (κ1) is 10.2. The minimum atomic E-state index is 0.139. The molecule has 1 aromatic heterocycles. The Bertz CT molecular complexity index is 327. The SMILES string of the molecule is Nc1nccc(N(CCO)C2CCC2)n1. The standard InChI is InChI=1S/C10H16N4O/c11-10-12-5-4-9(13-10)14(6-7-15)8-2-1-3-8/h4-5,8,15H,1-3,6-7H2,(H2,11,12,13). The average molecular weight is 208 g/mol. The van der Waals surface area contributed by atoms with Crippen molar-refractivity contribution in [3.8, 4) is 0 Å². The summed E-state index contributed by atoms with van der Waals surface area (Å²) in [6, 6.07) is 2.34. The number of aromatic nitrogens is 2. The lowest BCUT2D eigenvalue weighted by Crippen LogP contribution is -2.42. The van der Waals surface area contributed by atoms with E-state index in [-0.39, 0.29) is 12.6 Å². The van der Waals surface area contributed by atoms with Crippen LogP contribution in [-0.2, 0) is 0 Å². The lowest BCUT2D eigenvalue weighted by atomic mass is 9.91. The summed E-state index contributed by atoms with van der Waals surface area (Å²) in [7, 11) is 0. The van der Waals surface area contributed by atoms with Crippen LogP contribution in [0, 0.1) is 0 Å². The van der Waals surface area contributed by atoms with E-state index in [1.54, 1.807) is 6.20 Å². The van der Waals surface area contributed by atoms with E-state index >= 15 is 0 Å². The molecule has 0 spiro atoms. The maximum Gasteiger partial charge on any atom is 0.221 e. The minimum Gasteiger partial charge on any atom is -0.395 e. The molecule has 0 bridgehead atoms. The van der Waals surface area contributed by atoms with E-state index in [0.29, 0.717) is 12.6 Å². The molecule has 5 nitrogen and oxygen atoms in total. The van der Waals surface area contributed by atoms with E-state index in [0.717, 1.165) is 5.82 Å². The second kappa shape index (κ2) is 4.44. The number of nitrogens with two attached hydrogens (primary N) is 1. The summed E-state index contributed by atoms with van der Waals surface area (Å²) < 4.78 is 0. The van der Waals surface area contributed by atoms with Crippen LogP contribution in [0.15, 0.2) is 12.3 Å². The van der Waals surface area contributed by atoms with E-state index in [1.807, 2.05) is 6.07 Å². The third kappa shape index (κ3) is 2.18. The Kier molecular flexibility index (Phi) is 3.01. The van der Waals surface area contributed by atoms with Crippen LogP contribution in [-0.4, -0.2) is 34.3 Å². The van der Waals surface area contributed by atoms with Gasteiger partial charge in [-0.15, -0.1) is 0 Å². The molecule has 2 rings (SSSR count). The molecular formula is C10H16N4O. The van der Waals surface area contributed by atoms with Gasteiger partial charge in [-0.3, -0.25) is 0 Å². The van der Waals surface area contributed by atoms with Crippen LogP contribution < -0.4 is 10.6 Å². The van der Waals surface area contributed by atoms with Crippen LogP contribution >= 0.6 is 0 Å². The Morgan fingerprint density at radius 2 is 2.33 bits per heavy atom. The van der Waals surface area contributed by atoms with Crippen LogP contribution in [0.2, 0.25) is 0 Å². The summed E-state index contributed by atoms with van der Waals surface area (Å²) in [5.74, 6) is 1.11. The highest BCUT2D eigenvalue weighted by Gasteiger charge is 2.25. The molecule has 0 aliphatic heterocycles. The molecule has 0 radical (unpaired) electrons. The van der Waals surface area contributed by atoms with Gasteiger partial charge in [0.15, 0.2) is 0 Å². The van der Waals surface area contributed by atoms with E-state index < -0.39 is 0 Å². The zero-order valence-corrected chi connectivity index (χ0v) is 8.63. The van der Waals surface area contributed by atoms with Crippen molar-refractivity contribution < 1.29 is 5.11 Å².